The molecule has 0 spiro atoms. The zero-order valence-electron chi connectivity index (χ0n) is 20.0. The lowest BCUT2D eigenvalue weighted by atomic mass is 9.95. The molecule has 38 heavy (non-hydrogen) atoms. The Kier molecular flexibility index (Phi) is 6.31. The second kappa shape index (κ2) is 9.93. The van der Waals surface area contributed by atoms with Crippen molar-refractivity contribution in [3.05, 3.63) is 71.9 Å². The fourth-order valence-electron chi connectivity index (χ4n) is 4.83. The van der Waals surface area contributed by atoms with Crippen molar-refractivity contribution in [3.8, 4) is 17.2 Å². The molecule has 4 aromatic heterocycles. The van der Waals surface area contributed by atoms with Crippen LogP contribution < -0.4 is 4.90 Å². The molecular weight excluding hydrogens is 505 g/mol. The number of benzene rings is 1. The summed E-state index contributed by atoms with van der Waals surface area (Å²) in [6.45, 7) is 1.30. The molecule has 190 valence electrons. The third-order valence-electron chi connectivity index (χ3n) is 6.72. The molecule has 0 amide bonds. The molecule has 0 atom stereocenters. The average molecular weight is 527 g/mol. The van der Waals surface area contributed by atoms with Crippen LogP contribution in [0.5, 0.6) is 0 Å². The van der Waals surface area contributed by atoms with Gasteiger partial charge in [0.1, 0.15) is 5.82 Å². The lowest BCUT2D eigenvalue weighted by Crippen LogP contribution is -2.36. The van der Waals surface area contributed by atoms with Crippen LogP contribution in [0.3, 0.4) is 0 Å². The first kappa shape index (κ1) is 24.2. The number of nitrogens with zero attached hydrogens (tertiary/aromatic N) is 5. The van der Waals surface area contributed by atoms with Crippen molar-refractivity contribution in [2.24, 2.45) is 0 Å². The zero-order valence-corrected chi connectivity index (χ0v) is 20.9. The maximum absolute atomic E-state index is 13.4. The van der Waals surface area contributed by atoms with Crippen LogP contribution in [0, 0.1) is 11.3 Å². The van der Waals surface area contributed by atoms with Gasteiger partial charge in [0.15, 0.2) is 11.5 Å². The molecule has 0 saturated carbocycles. The van der Waals surface area contributed by atoms with Gasteiger partial charge in [-0.15, -0.1) is 0 Å². The first-order valence-corrected chi connectivity index (χ1v) is 13.1. The van der Waals surface area contributed by atoms with Gasteiger partial charge >= 0.3 is 8.60 Å². The van der Waals surface area contributed by atoms with Gasteiger partial charge in [0.05, 0.1) is 35.0 Å². The normalized spacial score (nSPS) is 14.4. The number of rotatable bonds is 6. The Morgan fingerprint density at radius 3 is 2.71 bits per heavy atom. The molecule has 1 aliphatic rings. The van der Waals surface area contributed by atoms with E-state index in [-0.39, 0.29) is 17.7 Å². The molecule has 1 aliphatic heterocycles. The summed E-state index contributed by atoms with van der Waals surface area (Å²) in [5.74, 6) is 0.570. The van der Waals surface area contributed by atoms with Gasteiger partial charge in [-0.3, -0.25) is 9.78 Å². The number of H-pyrrole nitrogens is 2. The number of imidazole rings is 1. The number of carbonyl (C=O) groups is 1. The van der Waals surface area contributed by atoms with E-state index in [4.69, 9.17) is 14.3 Å². The maximum Gasteiger partial charge on any atom is 0.327 e. The monoisotopic (exact) mass is 527 g/mol. The molecule has 12 heteroatoms. The van der Waals surface area contributed by atoms with E-state index >= 15 is 0 Å². The average Bonchev–Trinajstić information content (AvgIpc) is 3.59. The van der Waals surface area contributed by atoms with Crippen molar-refractivity contribution in [2.45, 2.75) is 18.9 Å². The summed E-state index contributed by atoms with van der Waals surface area (Å²) < 4.78 is 5.14. The molecule has 0 aliphatic carbocycles. The summed E-state index contributed by atoms with van der Waals surface area (Å²) >= 11 is 0. The number of anilines is 1. The number of pyridine rings is 2. The first-order chi connectivity index (χ1) is 18.5. The summed E-state index contributed by atoms with van der Waals surface area (Å²) in [6.07, 6.45) is 6.32. The Morgan fingerprint density at radius 2 is 1.92 bits per heavy atom. The number of hydrogen-bond acceptors (Lipinski definition) is 9. The fourth-order valence-corrected chi connectivity index (χ4v) is 5.30. The summed E-state index contributed by atoms with van der Waals surface area (Å²) in [5.41, 5.74) is 4.11. The van der Waals surface area contributed by atoms with Gasteiger partial charge in [-0.2, -0.15) is 5.26 Å². The Morgan fingerprint density at radius 1 is 1.08 bits per heavy atom. The van der Waals surface area contributed by atoms with E-state index < -0.39 is 8.60 Å². The minimum atomic E-state index is -2.36. The molecule has 6 rings (SSSR count). The van der Waals surface area contributed by atoms with E-state index in [2.05, 4.69) is 35.9 Å². The van der Waals surface area contributed by atoms with Gasteiger partial charge in [0.25, 0.3) is 0 Å². The van der Waals surface area contributed by atoms with Gasteiger partial charge in [-0.1, -0.05) is 0 Å². The van der Waals surface area contributed by atoms with E-state index in [1.54, 1.807) is 30.6 Å². The number of aromatic nitrogens is 5. The van der Waals surface area contributed by atoms with Crippen LogP contribution in [0.1, 0.15) is 34.6 Å². The van der Waals surface area contributed by atoms with E-state index in [1.807, 2.05) is 24.4 Å². The molecule has 0 radical (unpaired) electrons. The fraction of sp³-hybridized carbons (Fsp3) is 0.192. The van der Waals surface area contributed by atoms with E-state index in [0.717, 1.165) is 22.3 Å². The summed E-state index contributed by atoms with van der Waals surface area (Å²) in [4.78, 5) is 53.3. The van der Waals surface area contributed by atoms with Crippen molar-refractivity contribution in [1.82, 2.24) is 24.9 Å². The summed E-state index contributed by atoms with van der Waals surface area (Å²) in [7, 11) is -2.36. The molecule has 5 heterocycles. The standard InChI is InChI=1S/C26H22N7O4P/c27-12-16-2-1-15(11-19(16)20-13-28-14-22-18(20)5-8-29-22)24(34)26-30-21-3-4-23(31-25(21)32-26)33-9-6-17(7-10-33)37-38(35)36/h1-5,8,11,13-14,17,29,35-36H,6-7,9-10H2,(H,30,31,32). The van der Waals surface area contributed by atoms with Crippen molar-refractivity contribution < 1.29 is 19.1 Å². The number of hydrogen-bond donors (Lipinski definition) is 4. The van der Waals surface area contributed by atoms with Crippen molar-refractivity contribution >= 4 is 42.3 Å². The molecule has 1 fully saturated rings. The third-order valence-corrected chi connectivity index (χ3v) is 7.21. The highest BCUT2D eigenvalue weighted by Gasteiger charge is 2.24. The molecule has 5 aromatic rings. The van der Waals surface area contributed by atoms with Crippen molar-refractivity contribution in [1.29, 1.82) is 5.26 Å². The Labute approximate surface area is 217 Å². The topological polar surface area (TPSA) is 164 Å². The number of ketones is 1. The van der Waals surface area contributed by atoms with Crippen LogP contribution in [0.4, 0.5) is 5.82 Å². The minimum absolute atomic E-state index is 0.157. The van der Waals surface area contributed by atoms with Crippen molar-refractivity contribution in [3.63, 3.8) is 0 Å². The second-order valence-electron chi connectivity index (χ2n) is 9.00. The third kappa shape index (κ3) is 4.51. The summed E-state index contributed by atoms with van der Waals surface area (Å²) in [5, 5.41) is 10.6. The van der Waals surface area contributed by atoms with Crippen LogP contribution in [0.25, 0.3) is 33.2 Å². The highest BCUT2D eigenvalue weighted by molar-refractivity contribution is 7.39. The lowest BCUT2D eigenvalue weighted by Gasteiger charge is -2.32. The molecule has 1 aromatic carbocycles. The Bertz CT molecular complexity index is 1700. The zero-order chi connectivity index (χ0) is 26.2. The molecular formula is C26H22N7O4P. The predicted molar refractivity (Wildman–Crippen MR) is 141 cm³/mol. The number of aromatic amines is 2. The number of fused-ring (bicyclic) bond motifs is 2. The van der Waals surface area contributed by atoms with Crippen LogP contribution >= 0.6 is 8.60 Å². The lowest BCUT2D eigenvalue weighted by molar-refractivity contribution is 0.103. The van der Waals surface area contributed by atoms with Gasteiger partial charge in [-0.25, -0.2) is 9.97 Å². The van der Waals surface area contributed by atoms with Gasteiger partial charge < -0.3 is 29.2 Å². The van der Waals surface area contributed by atoms with Crippen LogP contribution in [-0.4, -0.2) is 59.7 Å². The smallest absolute Gasteiger partial charge is 0.327 e. The number of nitrogens with one attached hydrogen (secondary N) is 2. The Balaban J connectivity index is 1.28. The van der Waals surface area contributed by atoms with Gasteiger partial charge in [-0.05, 0) is 49.2 Å². The minimum Gasteiger partial charge on any atom is -0.360 e. The largest absolute Gasteiger partial charge is 0.360 e. The van der Waals surface area contributed by atoms with Gasteiger partial charge in [0.2, 0.25) is 5.78 Å². The van der Waals surface area contributed by atoms with E-state index in [1.165, 1.54) is 0 Å². The molecule has 0 unspecified atom stereocenters. The molecule has 0 bridgehead atoms. The Hall–Kier alpha value is -4.20. The van der Waals surface area contributed by atoms with Crippen LogP contribution in [0.15, 0.2) is 55.0 Å². The van der Waals surface area contributed by atoms with Crippen LogP contribution in [0.2, 0.25) is 0 Å². The first-order valence-electron chi connectivity index (χ1n) is 12.0. The van der Waals surface area contributed by atoms with E-state index in [0.29, 0.717) is 53.8 Å². The number of piperidine rings is 1. The SMILES string of the molecule is N#Cc1ccc(C(=O)c2nc3nc(N4CCC(OP(O)O)CC4)ccc3[nH]2)cc1-c1cncc2[nH]ccc12. The number of carbonyl (C=O) groups excluding carboxylic acids is 1. The summed E-state index contributed by atoms with van der Waals surface area (Å²) in [6, 6.07) is 12.8. The molecule has 1 saturated heterocycles. The highest BCUT2D eigenvalue weighted by atomic mass is 31.2. The van der Waals surface area contributed by atoms with Crippen molar-refractivity contribution in [2.75, 3.05) is 18.0 Å². The molecule has 11 nitrogen and oxygen atoms in total. The van der Waals surface area contributed by atoms with E-state index in [9.17, 15) is 10.1 Å². The maximum atomic E-state index is 13.4. The second-order valence-corrected chi connectivity index (χ2v) is 9.71. The quantitative estimate of drug-likeness (QED) is 0.190. The molecule has 4 N–H and O–H groups in total. The predicted octanol–water partition coefficient (Wildman–Crippen LogP) is 3.80. The van der Waals surface area contributed by atoms with Gasteiger partial charge in [0, 0.05) is 47.6 Å². The number of nitriles is 1. The van der Waals surface area contributed by atoms with Crippen LogP contribution in [-0.2, 0) is 4.52 Å². The highest BCUT2D eigenvalue weighted by Crippen LogP contribution is 2.33.